The third kappa shape index (κ3) is 4.25. The summed E-state index contributed by atoms with van der Waals surface area (Å²) in [6.45, 7) is 0. The molecule has 2 aromatic heterocycles. The number of aromatic nitrogens is 1. The van der Waals surface area contributed by atoms with Crippen LogP contribution >= 0.6 is 0 Å². The molecule has 0 N–H and O–H groups in total. The van der Waals surface area contributed by atoms with Crippen molar-refractivity contribution in [2.45, 2.75) is 0 Å². The minimum Gasteiger partial charge on any atom is -0.455 e. The van der Waals surface area contributed by atoms with Gasteiger partial charge in [0.25, 0.3) is 0 Å². The van der Waals surface area contributed by atoms with Crippen LogP contribution in [0.5, 0.6) is 0 Å². The smallest absolute Gasteiger partial charge is 0.143 e. The maximum atomic E-state index is 9.72. The van der Waals surface area contributed by atoms with Crippen LogP contribution in [0.2, 0.25) is 0 Å². The van der Waals surface area contributed by atoms with Gasteiger partial charge in [0.1, 0.15) is 11.2 Å². The minimum absolute atomic E-state index is 0.659. The Kier molecular flexibility index (Phi) is 6.02. The molecule has 240 valence electrons. The highest BCUT2D eigenvalue weighted by atomic mass is 16.3. The molecular formula is C49H28N2O. The Bertz CT molecular complexity index is 3300. The summed E-state index contributed by atoms with van der Waals surface area (Å²) < 4.78 is 9.02. The fourth-order valence-electron chi connectivity index (χ4n) is 8.25. The van der Waals surface area contributed by atoms with Gasteiger partial charge in [0.05, 0.1) is 22.7 Å². The van der Waals surface area contributed by atoms with Crippen molar-refractivity contribution in [3.8, 4) is 34.0 Å². The second-order valence-electron chi connectivity index (χ2n) is 13.7. The molecule has 0 aliphatic heterocycles. The van der Waals surface area contributed by atoms with Gasteiger partial charge in [-0.05, 0) is 122 Å². The molecule has 11 aromatic rings. The summed E-state index contributed by atoms with van der Waals surface area (Å²) in [6, 6.07) is 62.7. The molecule has 0 aliphatic carbocycles. The van der Waals surface area contributed by atoms with Crippen LogP contribution in [0.1, 0.15) is 5.56 Å². The highest BCUT2D eigenvalue weighted by Gasteiger charge is 2.18. The highest BCUT2D eigenvalue weighted by Crippen LogP contribution is 2.43. The van der Waals surface area contributed by atoms with E-state index in [1.165, 1.54) is 32.3 Å². The fourth-order valence-corrected chi connectivity index (χ4v) is 8.25. The highest BCUT2D eigenvalue weighted by molar-refractivity contribution is 6.24. The van der Waals surface area contributed by atoms with Crippen LogP contribution in [-0.2, 0) is 0 Å². The number of rotatable bonds is 3. The fraction of sp³-hybridized carbons (Fsp3) is 0. The average molecular weight is 661 g/mol. The normalized spacial score (nSPS) is 11.8. The van der Waals surface area contributed by atoms with E-state index in [0.29, 0.717) is 5.56 Å². The zero-order valence-corrected chi connectivity index (χ0v) is 28.0. The number of benzene rings is 9. The molecule has 0 fully saturated rings. The van der Waals surface area contributed by atoms with E-state index in [1.807, 2.05) is 18.2 Å². The van der Waals surface area contributed by atoms with Gasteiger partial charge in [-0.1, -0.05) is 97.1 Å². The summed E-state index contributed by atoms with van der Waals surface area (Å²) in [6.07, 6.45) is 0. The third-order valence-corrected chi connectivity index (χ3v) is 10.7. The summed E-state index contributed by atoms with van der Waals surface area (Å²) in [7, 11) is 0. The van der Waals surface area contributed by atoms with Gasteiger partial charge in [-0.15, -0.1) is 0 Å². The molecule has 3 heteroatoms. The van der Waals surface area contributed by atoms with Crippen molar-refractivity contribution in [3.63, 3.8) is 0 Å². The quantitative estimate of drug-likeness (QED) is 0.189. The molecule has 0 radical (unpaired) electrons. The van der Waals surface area contributed by atoms with Crippen molar-refractivity contribution < 1.29 is 4.42 Å². The van der Waals surface area contributed by atoms with Gasteiger partial charge < -0.3 is 8.98 Å². The van der Waals surface area contributed by atoms with Crippen LogP contribution in [0, 0.1) is 11.3 Å². The first-order chi connectivity index (χ1) is 25.7. The molecule has 52 heavy (non-hydrogen) atoms. The first-order valence-corrected chi connectivity index (χ1v) is 17.6. The van der Waals surface area contributed by atoms with E-state index in [-0.39, 0.29) is 0 Å². The molecular weight excluding hydrogens is 633 g/mol. The molecule has 0 bridgehead atoms. The van der Waals surface area contributed by atoms with E-state index in [0.717, 1.165) is 71.7 Å². The van der Waals surface area contributed by atoms with Gasteiger partial charge in [-0.2, -0.15) is 5.26 Å². The molecule has 0 saturated carbocycles. The Labute approximate surface area is 298 Å². The lowest BCUT2D eigenvalue weighted by Crippen LogP contribution is -1.93. The van der Waals surface area contributed by atoms with Crippen molar-refractivity contribution in [2.75, 3.05) is 0 Å². The van der Waals surface area contributed by atoms with E-state index in [4.69, 9.17) is 4.42 Å². The summed E-state index contributed by atoms with van der Waals surface area (Å²) >= 11 is 0. The van der Waals surface area contributed by atoms with Crippen molar-refractivity contribution in [1.29, 1.82) is 5.26 Å². The van der Waals surface area contributed by atoms with Crippen LogP contribution in [0.25, 0.3) is 104 Å². The number of para-hydroxylation sites is 1. The van der Waals surface area contributed by atoms with Crippen molar-refractivity contribution in [1.82, 2.24) is 4.57 Å². The average Bonchev–Trinajstić information content (AvgIpc) is 3.74. The lowest BCUT2D eigenvalue weighted by Gasteiger charge is -2.10. The van der Waals surface area contributed by atoms with Gasteiger partial charge in [-0.25, -0.2) is 0 Å². The Morgan fingerprint density at radius 1 is 0.442 bits per heavy atom. The second-order valence-corrected chi connectivity index (χ2v) is 13.7. The second kappa shape index (κ2) is 10.9. The Morgan fingerprint density at radius 2 is 1.06 bits per heavy atom. The number of nitrogens with zero attached hydrogens (tertiary/aromatic N) is 2. The van der Waals surface area contributed by atoms with Crippen molar-refractivity contribution in [3.05, 3.63) is 175 Å². The van der Waals surface area contributed by atoms with E-state index in [2.05, 4.69) is 162 Å². The predicted molar refractivity (Wildman–Crippen MR) is 216 cm³/mol. The SMILES string of the molecule is N#Cc1ccc2c(c1)c1cc(-c3ccc4cc(-c5cc6ccccc6c6c5oc5cc7ccccc7cc56)ccc4c3)ccc1n2-c1ccccc1. The van der Waals surface area contributed by atoms with E-state index in [1.54, 1.807) is 0 Å². The number of furan rings is 1. The molecule has 0 unspecified atom stereocenters. The minimum atomic E-state index is 0.659. The zero-order valence-electron chi connectivity index (χ0n) is 28.0. The first-order valence-electron chi connectivity index (χ1n) is 17.6. The Morgan fingerprint density at radius 3 is 1.87 bits per heavy atom. The van der Waals surface area contributed by atoms with E-state index >= 15 is 0 Å². The Balaban J connectivity index is 1.06. The van der Waals surface area contributed by atoms with Crippen LogP contribution in [0.4, 0.5) is 0 Å². The monoisotopic (exact) mass is 660 g/mol. The first kappa shape index (κ1) is 28.7. The Hall–Kier alpha value is -7.15. The van der Waals surface area contributed by atoms with Gasteiger partial charge in [0.15, 0.2) is 0 Å². The molecule has 0 spiro atoms. The molecule has 11 rings (SSSR count). The molecule has 9 aromatic carbocycles. The molecule has 0 aliphatic rings. The van der Waals surface area contributed by atoms with E-state index < -0.39 is 0 Å². The van der Waals surface area contributed by atoms with Crippen molar-refractivity contribution >= 4 is 76.1 Å². The molecule has 2 heterocycles. The van der Waals surface area contributed by atoms with Crippen molar-refractivity contribution in [2.24, 2.45) is 0 Å². The largest absolute Gasteiger partial charge is 0.455 e. The van der Waals surface area contributed by atoms with Gasteiger partial charge in [0, 0.05) is 32.8 Å². The third-order valence-electron chi connectivity index (χ3n) is 10.7. The summed E-state index contributed by atoms with van der Waals surface area (Å²) in [5.74, 6) is 0. The predicted octanol–water partition coefficient (Wildman–Crippen LogP) is 13.3. The number of fused-ring (bicyclic) bond motifs is 10. The maximum absolute atomic E-state index is 9.72. The zero-order chi connectivity index (χ0) is 34.3. The number of hydrogen-bond acceptors (Lipinski definition) is 2. The molecule has 3 nitrogen and oxygen atoms in total. The summed E-state index contributed by atoms with van der Waals surface area (Å²) in [5.41, 5.74) is 10.3. The topological polar surface area (TPSA) is 41.9 Å². The van der Waals surface area contributed by atoms with Crippen LogP contribution in [0.3, 0.4) is 0 Å². The van der Waals surface area contributed by atoms with Crippen LogP contribution in [-0.4, -0.2) is 4.57 Å². The van der Waals surface area contributed by atoms with Gasteiger partial charge >= 0.3 is 0 Å². The van der Waals surface area contributed by atoms with Gasteiger partial charge in [0.2, 0.25) is 0 Å². The van der Waals surface area contributed by atoms with Crippen LogP contribution in [0.15, 0.2) is 174 Å². The number of hydrogen-bond donors (Lipinski definition) is 0. The molecule has 0 saturated heterocycles. The summed E-state index contributed by atoms with van der Waals surface area (Å²) in [5, 5.41) is 21.4. The summed E-state index contributed by atoms with van der Waals surface area (Å²) in [4.78, 5) is 0. The van der Waals surface area contributed by atoms with Crippen LogP contribution < -0.4 is 0 Å². The van der Waals surface area contributed by atoms with Gasteiger partial charge in [-0.3, -0.25) is 0 Å². The maximum Gasteiger partial charge on any atom is 0.143 e. The molecule has 0 amide bonds. The van der Waals surface area contributed by atoms with E-state index in [9.17, 15) is 5.26 Å². The standard InChI is InChI=1S/C49H28N2O/c50-29-30-14-20-45-42(22-30)43-25-36(19-21-46(43)51(45)39-11-2-1-3-12-39)34-15-16-35-24-38(18-17-33(35)23-34)41-27-37-10-6-7-13-40(37)48-44-26-31-8-4-5-9-32(31)28-47(44)52-49(41)48/h1-28H. The molecule has 0 atom stereocenters. The lowest BCUT2D eigenvalue weighted by atomic mass is 9.93. The lowest BCUT2D eigenvalue weighted by molar-refractivity contribution is 0.671. The number of nitriles is 1.